The Morgan fingerprint density at radius 1 is 1.38 bits per heavy atom. The molecule has 0 spiro atoms. The van der Waals surface area contributed by atoms with E-state index < -0.39 is 0 Å². The topological polar surface area (TPSA) is 44.4 Å². The van der Waals surface area contributed by atoms with Crippen LogP contribution < -0.4 is 10.6 Å². The van der Waals surface area contributed by atoms with Crippen LogP contribution in [0.15, 0.2) is 11.4 Å². The second kappa shape index (κ2) is 6.90. The van der Waals surface area contributed by atoms with Crippen LogP contribution in [-0.4, -0.2) is 35.5 Å². The average Bonchev–Trinajstić information content (AvgIpc) is 2.82. The fraction of sp³-hybridized carbons (Fsp3) is 0.688. The van der Waals surface area contributed by atoms with Crippen molar-refractivity contribution >= 4 is 22.9 Å². The van der Waals surface area contributed by atoms with Crippen molar-refractivity contribution in [1.29, 1.82) is 0 Å². The number of nitrogens with zero attached hydrogens (tertiary/aromatic N) is 1. The van der Waals surface area contributed by atoms with Crippen LogP contribution in [0.2, 0.25) is 0 Å². The highest BCUT2D eigenvalue weighted by molar-refractivity contribution is 7.10. The minimum absolute atomic E-state index is 0.00636. The Labute approximate surface area is 131 Å². The fourth-order valence-corrected chi connectivity index (χ4v) is 3.55. The molecule has 0 unspecified atom stereocenters. The van der Waals surface area contributed by atoms with Gasteiger partial charge in [0.25, 0.3) is 0 Å². The van der Waals surface area contributed by atoms with Crippen LogP contribution in [0.1, 0.15) is 45.4 Å². The van der Waals surface area contributed by atoms with Crippen LogP contribution in [0.25, 0.3) is 0 Å². The maximum atomic E-state index is 11.2. The number of piperidine rings is 1. The molecule has 1 aliphatic heterocycles. The van der Waals surface area contributed by atoms with Gasteiger partial charge in [0.2, 0.25) is 5.91 Å². The van der Waals surface area contributed by atoms with Crippen molar-refractivity contribution in [2.45, 2.75) is 58.7 Å². The monoisotopic (exact) mass is 309 g/mol. The Morgan fingerprint density at radius 2 is 2.05 bits per heavy atom. The maximum Gasteiger partial charge on any atom is 0.221 e. The molecule has 2 N–H and O–H groups in total. The van der Waals surface area contributed by atoms with Crippen LogP contribution >= 0.6 is 11.3 Å². The van der Waals surface area contributed by atoms with E-state index in [9.17, 15) is 4.79 Å². The summed E-state index contributed by atoms with van der Waals surface area (Å²) in [5.41, 5.74) is 1.23. The Balaban J connectivity index is 1.80. The molecular weight excluding hydrogens is 282 g/mol. The molecule has 0 atom stereocenters. The van der Waals surface area contributed by atoms with E-state index in [1.54, 1.807) is 18.3 Å². The zero-order valence-electron chi connectivity index (χ0n) is 13.5. The standard InChI is InChI=1S/C16H27N3OS/c1-12(20)18-14-7-10-21-15(14)11-17-13-5-8-19(9-6-13)16(2,3)4/h7,10,13,17H,5-6,8-9,11H2,1-4H3,(H,18,20). The Hall–Kier alpha value is -0.910. The number of thiophene rings is 1. The summed E-state index contributed by atoms with van der Waals surface area (Å²) in [7, 11) is 0. The molecule has 0 radical (unpaired) electrons. The molecule has 2 heterocycles. The molecule has 1 saturated heterocycles. The number of hydrogen-bond donors (Lipinski definition) is 2. The third-order valence-corrected chi connectivity index (χ3v) is 4.97. The van der Waals surface area contributed by atoms with Gasteiger partial charge in [0.15, 0.2) is 0 Å². The predicted octanol–water partition coefficient (Wildman–Crippen LogP) is 3.06. The van der Waals surface area contributed by atoms with Gasteiger partial charge in [-0.15, -0.1) is 11.3 Å². The maximum absolute atomic E-state index is 11.2. The third kappa shape index (κ3) is 4.80. The van der Waals surface area contributed by atoms with Crippen LogP contribution in [0.5, 0.6) is 0 Å². The van der Waals surface area contributed by atoms with Gasteiger partial charge in [0.1, 0.15) is 0 Å². The zero-order chi connectivity index (χ0) is 15.5. The summed E-state index contributed by atoms with van der Waals surface area (Å²) in [5, 5.41) is 8.57. The van der Waals surface area contributed by atoms with Crippen LogP contribution in [-0.2, 0) is 11.3 Å². The highest BCUT2D eigenvalue weighted by Crippen LogP contribution is 2.24. The Morgan fingerprint density at radius 3 is 2.62 bits per heavy atom. The molecule has 0 saturated carbocycles. The molecule has 1 aromatic heterocycles. The summed E-state index contributed by atoms with van der Waals surface area (Å²) >= 11 is 1.70. The molecule has 1 aliphatic rings. The van der Waals surface area contributed by atoms with Crippen molar-refractivity contribution < 1.29 is 4.79 Å². The first kappa shape index (κ1) is 16.5. The zero-order valence-corrected chi connectivity index (χ0v) is 14.3. The Bertz CT molecular complexity index is 470. The molecule has 4 nitrogen and oxygen atoms in total. The molecule has 0 bridgehead atoms. The van der Waals surface area contributed by atoms with Gasteiger partial charge in [-0.1, -0.05) is 0 Å². The molecule has 1 amide bonds. The lowest BCUT2D eigenvalue weighted by Crippen LogP contribution is -2.49. The smallest absolute Gasteiger partial charge is 0.221 e. The number of rotatable bonds is 4. The highest BCUT2D eigenvalue weighted by atomic mass is 32.1. The van der Waals surface area contributed by atoms with Gasteiger partial charge in [-0.3, -0.25) is 9.69 Å². The van der Waals surface area contributed by atoms with Gasteiger partial charge in [-0.25, -0.2) is 0 Å². The molecule has 5 heteroatoms. The molecule has 1 aromatic rings. The van der Waals surface area contributed by atoms with E-state index >= 15 is 0 Å². The minimum atomic E-state index is -0.00636. The van der Waals surface area contributed by atoms with E-state index in [4.69, 9.17) is 0 Å². The van der Waals surface area contributed by atoms with E-state index in [-0.39, 0.29) is 11.4 Å². The number of anilines is 1. The summed E-state index contributed by atoms with van der Waals surface area (Å²) in [6.45, 7) is 11.6. The van der Waals surface area contributed by atoms with Crippen molar-refractivity contribution in [3.63, 3.8) is 0 Å². The van der Waals surface area contributed by atoms with Gasteiger partial charge < -0.3 is 10.6 Å². The second-order valence-corrected chi connectivity index (χ2v) is 7.75. The summed E-state index contributed by atoms with van der Waals surface area (Å²) in [5.74, 6) is -0.00636. The van der Waals surface area contributed by atoms with Crippen molar-refractivity contribution in [3.05, 3.63) is 16.3 Å². The molecule has 2 rings (SSSR count). The first-order chi connectivity index (χ1) is 9.86. The highest BCUT2D eigenvalue weighted by Gasteiger charge is 2.26. The first-order valence-corrected chi connectivity index (χ1v) is 8.56. The van der Waals surface area contributed by atoms with Gasteiger partial charge in [0, 0.05) is 43.0 Å². The number of amides is 1. The normalized spacial score (nSPS) is 17.9. The van der Waals surface area contributed by atoms with Crippen molar-refractivity contribution in [2.75, 3.05) is 18.4 Å². The van der Waals surface area contributed by atoms with Crippen LogP contribution in [0, 0.1) is 0 Å². The average molecular weight is 309 g/mol. The van der Waals surface area contributed by atoms with Crippen molar-refractivity contribution in [2.24, 2.45) is 0 Å². The largest absolute Gasteiger partial charge is 0.325 e. The molecule has 0 aromatic carbocycles. The van der Waals surface area contributed by atoms with E-state index in [1.807, 2.05) is 11.4 Å². The van der Waals surface area contributed by atoms with Gasteiger partial charge in [-0.05, 0) is 45.1 Å². The molecule has 21 heavy (non-hydrogen) atoms. The SMILES string of the molecule is CC(=O)Nc1ccsc1CNC1CCN(C(C)(C)C)CC1. The van der Waals surface area contributed by atoms with E-state index in [0.29, 0.717) is 6.04 Å². The number of hydrogen-bond acceptors (Lipinski definition) is 4. The number of likely N-dealkylation sites (tertiary alicyclic amines) is 1. The van der Waals surface area contributed by atoms with E-state index in [1.165, 1.54) is 17.7 Å². The number of nitrogens with one attached hydrogen (secondary N) is 2. The number of carbonyl (C=O) groups excluding carboxylic acids is 1. The predicted molar refractivity (Wildman–Crippen MR) is 89.8 cm³/mol. The lowest BCUT2D eigenvalue weighted by Gasteiger charge is -2.41. The molecule has 0 aliphatic carbocycles. The molecule has 118 valence electrons. The van der Waals surface area contributed by atoms with E-state index in [2.05, 4.69) is 36.3 Å². The quantitative estimate of drug-likeness (QED) is 0.898. The summed E-state index contributed by atoms with van der Waals surface area (Å²) in [6.07, 6.45) is 2.39. The van der Waals surface area contributed by atoms with Crippen LogP contribution in [0.3, 0.4) is 0 Å². The summed E-state index contributed by atoms with van der Waals surface area (Å²) in [6, 6.07) is 2.56. The van der Waals surface area contributed by atoms with Crippen molar-refractivity contribution in [3.8, 4) is 0 Å². The minimum Gasteiger partial charge on any atom is -0.325 e. The van der Waals surface area contributed by atoms with Crippen LogP contribution in [0.4, 0.5) is 5.69 Å². The van der Waals surface area contributed by atoms with E-state index in [0.717, 1.165) is 25.3 Å². The summed E-state index contributed by atoms with van der Waals surface area (Å²) < 4.78 is 0. The van der Waals surface area contributed by atoms with Crippen molar-refractivity contribution in [1.82, 2.24) is 10.2 Å². The summed E-state index contributed by atoms with van der Waals surface area (Å²) in [4.78, 5) is 14.9. The molecule has 1 fully saturated rings. The molecular formula is C16H27N3OS. The fourth-order valence-electron chi connectivity index (χ4n) is 2.77. The first-order valence-electron chi connectivity index (χ1n) is 7.68. The third-order valence-electron chi connectivity index (χ3n) is 4.05. The lowest BCUT2D eigenvalue weighted by atomic mass is 9.98. The van der Waals surface area contributed by atoms with Gasteiger partial charge >= 0.3 is 0 Å². The Kier molecular flexibility index (Phi) is 5.41. The lowest BCUT2D eigenvalue weighted by molar-refractivity contribution is -0.114. The van der Waals surface area contributed by atoms with Gasteiger partial charge in [-0.2, -0.15) is 0 Å². The second-order valence-electron chi connectivity index (χ2n) is 6.75. The van der Waals surface area contributed by atoms with Gasteiger partial charge in [0.05, 0.1) is 5.69 Å². The number of carbonyl (C=O) groups is 1.